The molecule has 1 aromatic carbocycles. The molecular formula is C21H13N7O12S4. The van der Waals surface area contributed by atoms with Crippen LogP contribution < -0.4 is 0 Å². The molecule has 19 nitrogen and oxygen atoms in total. The van der Waals surface area contributed by atoms with E-state index >= 15 is 0 Å². The second-order valence-corrected chi connectivity index (χ2v) is 14.2. The summed E-state index contributed by atoms with van der Waals surface area (Å²) in [6.45, 7) is 0. The van der Waals surface area contributed by atoms with E-state index in [-0.39, 0.29) is 32.0 Å². The minimum absolute atomic E-state index is 0.0826. The number of aromatic nitrogens is 7. The molecule has 2 aliphatic heterocycles. The summed E-state index contributed by atoms with van der Waals surface area (Å²) in [4.78, 5) is 17.7. The number of benzene rings is 1. The largest absolute Gasteiger partial charge is 0.365 e. The molecule has 0 unspecified atom stereocenters. The number of nitrogens with zero attached hydrogens (tertiary/aromatic N) is 6. The maximum Gasteiger partial charge on any atom is 0.365 e. The fraction of sp³-hybridized carbons (Fsp3) is 0. The van der Waals surface area contributed by atoms with Crippen LogP contribution in [-0.4, -0.2) is 85.8 Å². The highest BCUT2D eigenvalue weighted by Gasteiger charge is 2.39. The molecule has 0 aliphatic carbocycles. The van der Waals surface area contributed by atoms with Crippen molar-refractivity contribution in [2.75, 3.05) is 0 Å². The van der Waals surface area contributed by atoms with Gasteiger partial charge in [0.15, 0.2) is 38.8 Å². The van der Waals surface area contributed by atoms with E-state index in [9.17, 15) is 51.9 Å². The molecule has 2 aliphatic rings. The van der Waals surface area contributed by atoms with Crippen molar-refractivity contribution in [3.05, 3.63) is 59.7 Å². The average Bonchev–Trinajstić information content (AvgIpc) is 3.64. The smallest absolute Gasteiger partial charge is 0.339 e. The van der Waals surface area contributed by atoms with Gasteiger partial charge in [-0.05, 0) is 24.3 Å². The quantitative estimate of drug-likeness (QED) is 0.164. The first-order valence-corrected chi connectivity index (χ1v) is 17.2. The first-order valence-electron chi connectivity index (χ1n) is 11.4. The van der Waals surface area contributed by atoms with Crippen LogP contribution in [0.3, 0.4) is 0 Å². The van der Waals surface area contributed by atoms with Crippen LogP contribution in [0.5, 0.6) is 0 Å². The van der Waals surface area contributed by atoms with Crippen molar-refractivity contribution < 1.29 is 51.9 Å². The molecule has 0 amide bonds. The van der Waals surface area contributed by atoms with E-state index in [1.165, 1.54) is 36.4 Å². The van der Waals surface area contributed by atoms with Crippen LogP contribution >= 0.6 is 0 Å². The second-order valence-electron chi connectivity index (χ2n) is 8.89. The van der Waals surface area contributed by atoms with Crippen LogP contribution in [0, 0.1) is 0 Å². The lowest BCUT2D eigenvalue weighted by atomic mass is 10.2. The van der Waals surface area contributed by atoms with Crippen LogP contribution in [0.2, 0.25) is 0 Å². The Morgan fingerprint density at radius 3 is 1.75 bits per heavy atom. The number of fused-ring (bicyclic) bond motifs is 11. The van der Waals surface area contributed by atoms with Gasteiger partial charge in [0, 0.05) is 10.8 Å². The molecule has 44 heavy (non-hydrogen) atoms. The Balaban J connectivity index is 2.04. The Morgan fingerprint density at radius 1 is 0.614 bits per heavy atom. The molecule has 0 radical (unpaired) electrons. The molecule has 228 valence electrons. The lowest BCUT2D eigenvalue weighted by Crippen LogP contribution is -2.14. The Morgan fingerprint density at radius 2 is 1.18 bits per heavy atom. The van der Waals surface area contributed by atoms with Crippen molar-refractivity contribution in [3.63, 3.8) is 0 Å². The average molecular weight is 684 g/mol. The molecule has 0 fully saturated rings. The van der Waals surface area contributed by atoms with Gasteiger partial charge < -0.3 is 4.98 Å². The minimum Gasteiger partial charge on any atom is -0.339 e. The topological polar surface area (TPSA) is 303 Å². The van der Waals surface area contributed by atoms with Gasteiger partial charge in [0.1, 0.15) is 10.5 Å². The standard InChI is InChI=1S/C21H13N7O12S4/c29-41(30,31)16-11-5-6-12(22-11)23-13-7-8-14(24-13)25-19-17(42(32,33)34)18(43(35,36)37)20(26-19)27-21-10-4-2-1-3-9(10)15(16)28(21)44(38,39)40/h1-8H,(H,29,30,31)(H,32,33,34)(H,35,36,37)(H,38,39,40)(H,22,23,24,25,26,27). The number of hydrogen-bond donors (Lipinski definition) is 5. The van der Waals surface area contributed by atoms with E-state index in [0.717, 1.165) is 12.1 Å². The normalized spacial score (nSPS) is 14.5. The molecule has 0 saturated heterocycles. The Kier molecular flexibility index (Phi) is 6.39. The zero-order valence-electron chi connectivity index (χ0n) is 21.0. The Bertz CT molecular complexity index is 2660. The summed E-state index contributed by atoms with van der Waals surface area (Å²) in [6.07, 6.45) is 2.42. The zero-order valence-corrected chi connectivity index (χ0v) is 24.3. The summed E-state index contributed by atoms with van der Waals surface area (Å²) < 4.78 is 141. The summed E-state index contributed by atoms with van der Waals surface area (Å²) in [7, 11) is -22.2. The van der Waals surface area contributed by atoms with Crippen molar-refractivity contribution in [2.24, 2.45) is 0 Å². The van der Waals surface area contributed by atoms with Crippen molar-refractivity contribution >= 4 is 95.7 Å². The minimum atomic E-state index is -5.66. The molecule has 0 saturated carbocycles. The molecular weight excluding hydrogens is 671 g/mol. The highest BCUT2D eigenvalue weighted by atomic mass is 32.2. The highest BCUT2D eigenvalue weighted by molar-refractivity contribution is 8.01. The van der Waals surface area contributed by atoms with Crippen LogP contribution in [0.1, 0.15) is 23.3 Å². The zero-order chi connectivity index (χ0) is 32.0. The van der Waals surface area contributed by atoms with Crippen molar-refractivity contribution in [2.45, 2.75) is 4.90 Å². The van der Waals surface area contributed by atoms with Gasteiger partial charge in [-0.3, -0.25) is 18.2 Å². The van der Waals surface area contributed by atoms with Gasteiger partial charge in [-0.1, -0.05) is 24.3 Å². The number of rotatable bonds is 4. The lowest BCUT2D eigenvalue weighted by molar-refractivity contribution is 0.475. The molecule has 5 N–H and O–H groups in total. The van der Waals surface area contributed by atoms with E-state index in [0.29, 0.717) is 0 Å². The SMILES string of the molecule is O=S(=O)(O)C1=C(S(=O)(=O)O)c2nc1nc1nc(nc3ccc([nH]3)c(S(=O)(=O)O)c3c4ccccc4c(n2)n3S(=O)(=O)O)C=C1. The van der Waals surface area contributed by atoms with Gasteiger partial charge in [-0.15, -0.1) is 0 Å². The van der Waals surface area contributed by atoms with Gasteiger partial charge >= 0.3 is 10.3 Å². The molecule has 4 aromatic rings. The fourth-order valence-corrected chi connectivity index (χ4v) is 8.15. The summed E-state index contributed by atoms with van der Waals surface area (Å²) in [5, 5.41) is -0.601. The number of hydrogen-bond acceptors (Lipinski definition) is 13. The van der Waals surface area contributed by atoms with Gasteiger partial charge in [-0.2, -0.15) is 37.6 Å². The molecule has 8 bridgehead atoms. The summed E-state index contributed by atoms with van der Waals surface area (Å²) >= 11 is 0. The van der Waals surface area contributed by atoms with E-state index in [1.54, 1.807) is 0 Å². The molecule has 0 atom stereocenters. The van der Waals surface area contributed by atoms with Crippen molar-refractivity contribution in [1.29, 1.82) is 0 Å². The molecule has 23 heteroatoms. The van der Waals surface area contributed by atoms with Crippen molar-refractivity contribution in [3.8, 4) is 0 Å². The van der Waals surface area contributed by atoms with E-state index in [1.807, 2.05) is 0 Å². The van der Waals surface area contributed by atoms with E-state index in [2.05, 4.69) is 29.9 Å². The molecule has 5 heterocycles. The number of aromatic amines is 1. The summed E-state index contributed by atoms with van der Waals surface area (Å²) in [5.74, 6) is -2.76. The number of H-pyrrole nitrogens is 1. The fourth-order valence-electron chi connectivity index (χ4n) is 4.54. The third-order valence-electron chi connectivity index (χ3n) is 6.06. The summed E-state index contributed by atoms with van der Waals surface area (Å²) in [6, 6.07) is 7.30. The van der Waals surface area contributed by atoms with Gasteiger partial charge in [0.25, 0.3) is 30.4 Å². The first kappa shape index (κ1) is 29.6. The lowest BCUT2D eigenvalue weighted by Gasteiger charge is -2.05. The third-order valence-corrected chi connectivity index (χ3v) is 9.74. The highest BCUT2D eigenvalue weighted by Crippen LogP contribution is 2.37. The number of nitrogens with one attached hydrogen (secondary N) is 1. The van der Waals surface area contributed by atoms with Gasteiger partial charge in [0.05, 0.1) is 11.0 Å². The van der Waals surface area contributed by atoms with E-state index < -0.39 is 83.7 Å². The summed E-state index contributed by atoms with van der Waals surface area (Å²) in [5.41, 5.74) is -2.39. The maximum atomic E-state index is 12.8. The Labute approximate surface area is 245 Å². The van der Waals surface area contributed by atoms with Crippen LogP contribution in [0.4, 0.5) is 0 Å². The van der Waals surface area contributed by atoms with Crippen LogP contribution in [0.15, 0.2) is 41.3 Å². The van der Waals surface area contributed by atoms with Gasteiger partial charge in [-0.25, -0.2) is 24.9 Å². The first-order chi connectivity index (χ1) is 20.3. The monoisotopic (exact) mass is 683 g/mol. The maximum absolute atomic E-state index is 12.8. The van der Waals surface area contributed by atoms with Crippen molar-refractivity contribution in [1.82, 2.24) is 33.9 Å². The van der Waals surface area contributed by atoms with E-state index in [4.69, 9.17) is 0 Å². The predicted octanol–water partition coefficient (Wildman–Crippen LogP) is 0.796. The predicted molar refractivity (Wildman–Crippen MR) is 151 cm³/mol. The molecule has 0 spiro atoms. The Hall–Kier alpha value is -4.49. The second kappa shape index (κ2) is 9.50. The van der Waals surface area contributed by atoms with Crippen LogP contribution in [0.25, 0.3) is 55.1 Å². The molecule has 6 rings (SSSR count). The molecule has 3 aromatic heterocycles. The third kappa shape index (κ3) is 4.95. The van der Waals surface area contributed by atoms with Crippen LogP contribution in [-0.2, 0) is 40.7 Å². The van der Waals surface area contributed by atoms with Gasteiger partial charge in [0.2, 0.25) is 0 Å².